The van der Waals surface area contributed by atoms with Crippen LogP contribution in [0.25, 0.3) is 16.3 Å². The van der Waals surface area contributed by atoms with E-state index < -0.39 is 11.9 Å². The summed E-state index contributed by atoms with van der Waals surface area (Å²) < 4.78 is 0. The van der Waals surface area contributed by atoms with E-state index in [2.05, 4.69) is 17.4 Å². The van der Waals surface area contributed by atoms with E-state index >= 15 is 0 Å². The van der Waals surface area contributed by atoms with Gasteiger partial charge in [0, 0.05) is 12.1 Å². The fourth-order valence-electron chi connectivity index (χ4n) is 3.54. The summed E-state index contributed by atoms with van der Waals surface area (Å²) in [5.41, 5.74) is 1.86. The van der Waals surface area contributed by atoms with Gasteiger partial charge in [-0.05, 0) is 47.7 Å². The van der Waals surface area contributed by atoms with Crippen LogP contribution in [0.2, 0.25) is 0 Å². The lowest BCUT2D eigenvalue weighted by Crippen LogP contribution is -2.44. The summed E-state index contributed by atoms with van der Waals surface area (Å²) in [7, 11) is 0. The average molecular weight is 337 g/mol. The fourth-order valence-corrected chi connectivity index (χ4v) is 3.54. The third kappa shape index (κ3) is 4.08. The van der Waals surface area contributed by atoms with Gasteiger partial charge in [-0.2, -0.15) is 0 Å². The second-order valence-corrected chi connectivity index (χ2v) is 6.73. The van der Waals surface area contributed by atoms with Gasteiger partial charge in [0.25, 0.3) is 0 Å². The van der Waals surface area contributed by atoms with E-state index in [1.54, 1.807) is 6.08 Å². The highest BCUT2D eigenvalue weighted by Crippen LogP contribution is 2.25. The number of aliphatic carboxylic acids is 1. The number of amides is 1. The molecule has 3 rings (SSSR count). The summed E-state index contributed by atoms with van der Waals surface area (Å²) in [4.78, 5) is 23.7. The third-order valence-corrected chi connectivity index (χ3v) is 4.96. The maximum Gasteiger partial charge on any atom is 0.308 e. The summed E-state index contributed by atoms with van der Waals surface area (Å²) in [6, 6.07) is 13.9. The van der Waals surface area contributed by atoms with Crippen LogP contribution in [-0.4, -0.2) is 23.0 Å². The van der Waals surface area contributed by atoms with Gasteiger partial charge in [-0.3, -0.25) is 9.59 Å². The average Bonchev–Trinajstić information content (AvgIpc) is 2.61. The van der Waals surface area contributed by atoms with Crippen LogP contribution in [-0.2, 0) is 9.59 Å². The Balaban J connectivity index is 1.74. The molecule has 130 valence electrons. The van der Waals surface area contributed by atoms with Crippen LogP contribution in [0.1, 0.15) is 38.2 Å². The Morgan fingerprint density at radius 1 is 1.08 bits per heavy atom. The quantitative estimate of drug-likeness (QED) is 0.829. The number of rotatable bonds is 4. The van der Waals surface area contributed by atoms with Gasteiger partial charge in [-0.25, -0.2) is 0 Å². The summed E-state index contributed by atoms with van der Waals surface area (Å²) in [6.07, 6.45) is 4.80. The minimum Gasteiger partial charge on any atom is -0.481 e. The minimum absolute atomic E-state index is 0.219. The van der Waals surface area contributed by atoms with Crippen LogP contribution >= 0.6 is 0 Å². The van der Waals surface area contributed by atoms with Gasteiger partial charge < -0.3 is 10.4 Å². The number of fused-ring (bicyclic) bond motifs is 1. The van der Waals surface area contributed by atoms with Crippen LogP contribution in [0.15, 0.2) is 48.5 Å². The lowest BCUT2D eigenvalue weighted by Gasteiger charge is -2.28. The molecule has 1 fully saturated rings. The molecule has 1 saturated carbocycles. The first-order valence-electron chi connectivity index (χ1n) is 8.75. The molecule has 0 aliphatic heterocycles. The van der Waals surface area contributed by atoms with Crippen LogP contribution in [0.3, 0.4) is 0 Å². The van der Waals surface area contributed by atoms with Crippen molar-refractivity contribution in [2.24, 2.45) is 5.92 Å². The minimum atomic E-state index is -0.819. The molecule has 0 unspecified atom stereocenters. The van der Waals surface area contributed by atoms with E-state index in [-0.39, 0.29) is 11.9 Å². The van der Waals surface area contributed by atoms with Gasteiger partial charge >= 0.3 is 5.97 Å². The van der Waals surface area contributed by atoms with Crippen molar-refractivity contribution < 1.29 is 14.7 Å². The lowest BCUT2D eigenvalue weighted by atomic mass is 9.84. The standard InChI is InChI=1S/C21H23NO3/c1-14(16-11-10-15-6-2-3-7-17(15)13-16)12-20(23)22-19-9-5-4-8-18(19)21(24)25/h2-3,6-7,10-13,18-19H,4-5,8-9H2,1H3,(H,22,23)(H,24,25)/b14-12-/t18-,19+/m1/s1. The van der Waals surface area contributed by atoms with Crippen LogP contribution in [0.5, 0.6) is 0 Å². The number of hydrogen-bond acceptors (Lipinski definition) is 2. The number of allylic oxidation sites excluding steroid dienone is 1. The third-order valence-electron chi connectivity index (χ3n) is 4.96. The highest BCUT2D eigenvalue weighted by Gasteiger charge is 2.31. The normalized spacial score (nSPS) is 21.1. The molecule has 0 aromatic heterocycles. The van der Waals surface area contributed by atoms with Crippen molar-refractivity contribution in [3.63, 3.8) is 0 Å². The Hall–Kier alpha value is -2.62. The molecule has 25 heavy (non-hydrogen) atoms. The van der Waals surface area contributed by atoms with Crippen molar-refractivity contribution in [3.05, 3.63) is 54.1 Å². The van der Waals surface area contributed by atoms with Gasteiger partial charge in [0.1, 0.15) is 0 Å². The Labute approximate surface area is 147 Å². The molecule has 2 N–H and O–H groups in total. The molecular formula is C21H23NO3. The number of benzene rings is 2. The molecule has 2 aromatic carbocycles. The molecular weight excluding hydrogens is 314 g/mol. The Morgan fingerprint density at radius 3 is 2.56 bits per heavy atom. The van der Waals surface area contributed by atoms with Gasteiger partial charge in [0.05, 0.1) is 5.92 Å². The Bertz CT molecular complexity index is 825. The van der Waals surface area contributed by atoms with Crippen molar-refractivity contribution in [1.82, 2.24) is 5.32 Å². The highest BCUT2D eigenvalue weighted by molar-refractivity contribution is 5.96. The zero-order valence-corrected chi connectivity index (χ0v) is 14.4. The number of carbonyl (C=O) groups excluding carboxylic acids is 1. The molecule has 4 heteroatoms. The summed E-state index contributed by atoms with van der Waals surface area (Å²) in [5, 5.41) is 14.5. The van der Waals surface area contributed by atoms with E-state index in [1.165, 1.54) is 0 Å². The largest absolute Gasteiger partial charge is 0.481 e. The monoisotopic (exact) mass is 337 g/mol. The lowest BCUT2D eigenvalue weighted by molar-refractivity contribution is -0.144. The molecule has 2 aromatic rings. The zero-order chi connectivity index (χ0) is 17.8. The topological polar surface area (TPSA) is 66.4 Å². The van der Waals surface area contributed by atoms with Gasteiger partial charge in [-0.1, -0.05) is 49.2 Å². The van der Waals surface area contributed by atoms with Crippen molar-refractivity contribution in [3.8, 4) is 0 Å². The van der Waals surface area contributed by atoms with Crippen LogP contribution < -0.4 is 5.32 Å². The first kappa shape index (κ1) is 17.2. The van der Waals surface area contributed by atoms with E-state index in [4.69, 9.17) is 0 Å². The molecule has 0 radical (unpaired) electrons. The molecule has 0 spiro atoms. The molecule has 0 bridgehead atoms. The predicted molar refractivity (Wildman–Crippen MR) is 99.1 cm³/mol. The van der Waals surface area contributed by atoms with Crippen molar-refractivity contribution in [2.75, 3.05) is 0 Å². The number of hydrogen-bond donors (Lipinski definition) is 2. The van der Waals surface area contributed by atoms with E-state index in [1.807, 2.05) is 37.3 Å². The maximum absolute atomic E-state index is 12.3. The number of nitrogens with one attached hydrogen (secondary N) is 1. The second kappa shape index (κ2) is 7.51. The molecule has 1 aliphatic carbocycles. The maximum atomic E-state index is 12.3. The van der Waals surface area contributed by atoms with Crippen molar-refractivity contribution >= 4 is 28.2 Å². The van der Waals surface area contributed by atoms with Gasteiger partial charge in [0.15, 0.2) is 0 Å². The summed E-state index contributed by atoms with van der Waals surface area (Å²) in [5.74, 6) is -1.52. The number of carboxylic acid groups (broad SMARTS) is 1. The number of carbonyl (C=O) groups is 2. The Kier molecular flexibility index (Phi) is 5.17. The molecule has 1 amide bonds. The zero-order valence-electron chi connectivity index (χ0n) is 14.4. The van der Waals surface area contributed by atoms with Crippen LogP contribution in [0, 0.1) is 5.92 Å². The summed E-state index contributed by atoms with van der Waals surface area (Å²) >= 11 is 0. The molecule has 2 atom stereocenters. The number of carboxylic acids is 1. The first-order chi connectivity index (χ1) is 12.0. The van der Waals surface area contributed by atoms with Crippen molar-refractivity contribution in [2.45, 2.75) is 38.6 Å². The molecule has 0 saturated heterocycles. The SMILES string of the molecule is C/C(=C/C(=O)N[C@H]1CCCC[C@H]1C(=O)O)c1ccc2ccccc2c1. The van der Waals surface area contributed by atoms with Crippen molar-refractivity contribution in [1.29, 1.82) is 0 Å². The first-order valence-corrected chi connectivity index (χ1v) is 8.75. The van der Waals surface area contributed by atoms with Gasteiger partial charge in [-0.15, -0.1) is 0 Å². The summed E-state index contributed by atoms with van der Waals surface area (Å²) in [6.45, 7) is 1.90. The highest BCUT2D eigenvalue weighted by atomic mass is 16.4. The smallest absolute Gasteiger partial charge is 0.308 e. The predicted octanol–water partition coefficient (Wildman–Crippen LogP) is 4.00. The molecule has 1 aliphatic rings. The molecule has 4 nitrogen and oxygen atoms in total. The fraction of sp³-hybridized carbons (Fsp3) is 0.333. The van der Waals surface area contributed by atoms with E-state index in [0.717, 1.165) is 41.2 Å². The second-order valence-electron chi connectivity index (χ2n) is 6.73. The van der Waals surface area contributed by atoms with E-state index in [0.29, 0.717) is 6.42 Å². The van der Waals surface area contributed by atoms with E-state index in [9.17, 15) is 14.7 Å². The molecule has 0 heterocycles. The van der Waals surface area contributed by atoms with Gasteiger partial charge in [0.2, 0.25) is 5.91 Å². The Morgan fingerprint density at radius 2 is 1.80 bits per heavy atom. The van der Waals surface area contributed by atoms with Crippen LogP contribution in [0.4, 0.5) is 0 Å².